The molecule has 0 bridgehead atoms. The van der Waals surface area contributed by atoms with Crippen LogP contribution in [0.25, 0.3) is 11.0 Å². The molecule has 4 rings (SSSR count). The zero-order valence-electron chi connectivity index (χ0n) is 17.6. The van der Waals surface area contributed by atoms with Gasteiger partial charge in [0.1, 0.15) is 5.82 Å². The molecule has 32 heavy (non-hydrogen) atoms. The number of aromatic nitrogens is 2. The first kappa shape index (κ1) is 22.0. The van der Waals surface area contributed by atoms with Gasteiger partial charge in [-0.25, -0.2) is 13.4 Å². The maximum Gasteiger partial charge on any atom is 0.243 e. The van der Waals surface area contributed by atoms with Crippen molar-refractivity contribution in [3.8, 4) is 6.07 Å². The van der Waals surface area contributed by atoms with Crippen LogP contribution in [0.3, 0.4) is 0 Å². The molecule has 3 aromatic rings. The number of fused-ring (bicyclic) bond motifs is 1. The highest BCUT2D eigenvalue weighted by molar-refractivity contribution is 7.89. The summed E-state index contributed by atoms with van der Waals surface area (Å²) in [6, 6.07) is 15.8. The van der Waals surface area contributed by atoms with E-state index in [0.717, 1.165) is 29.7 Å². The molecule has 0 unspecified atom stereocenters. The van der Waals surface area contributed by atoms with Crippen LogP contribution in [0.5, 0.6) is 0 Å². The average molecular weight is 452 g/mol. The van der Waals surface area contributed by atoms with Crippen LogP contribution in [0.15, 0.2) is 53.4 Å². The van der Waals surface area contributed by atoms with Crippen molar-refractivity contribution in [3.05, 3.63) is 59.9 Å². The van der Waals surface area contributed by atoms with Crippen LogP contribution in [0.1, 0.15) is 30.7 Å². The molecule has 0 saturated carbocycles. The number of sulfonamides is 1. The van der Waals surface area contributed by atoms with E-state index in [9.17, 15) is 13.2 Å². The molecule has 8 nitrogen and oxygen atoms in total. The highest BCUT2D eigenvalue weighted by atomic mass is 32.2. The van der Waals surface area contributed by atoms with Gasteiger partial charge in [-0.2, -0.15) is 9.57 Å². The second-order valence-electron chi connectivity index (χ2n) is 7.91. The third-order valence-corrected chi connectivity index (χ3v) is 7.69. The number of H-pyrrole nitrogens is 1. The van der Waals surface area contributed by atoms with Crippen molar-refractivity contribution >= 4 is 27.0 Å². The summed E-state index contributed by atoms with van der Waals surface area (Å²) in [6.07, 6.45) is 2.50. The quantitative estimate of drug-likeness (QED) is 0.535. The number of nitrogens with one attached hydrogen (secondary N) is 2. The van der Waals surface area contributed by atoms with E-state index in [1.54, 1.807) is 0 Å². The van der Waals surface area contributed by atoms with E-state index >= 15 is 0 Å². The molecule has 0 aliphatic carbocycles. The van der Waals surface area contributed by atoms with Gasteiger partial charge in [-0.1, -0.05) is 12.1 Å². The number of piperidine rings is 1. The molecule has 2 aromatic carbocycles. The first-order chi connectivity index (χ1) is 15.5. The van der Waals surface area contributed by atoms with Gasteiger partial charge in [0.25, 0.3) is 0 Å². The molecule has 2 N–H and O–H groups in total. The molecule has 0 atom stereocenters. The van der Waals surface area contributed by atoms with E-state index in [1.165, 1.54) is 28.6 Å². The first-order valence-electron chi connectivity index (χ1n) is 10.7. The van der Waals surface area contributed by atoms with E-state index in [1.807, 2.05) is 30.3 Å². The predicted octanol–water partition coefficient (Wildman–Crippen LogP) is 2.58. The van der Waals surface area contributed by atoms with Crippen LogP contribution in [-0.4, -0.2) is 48.2 Å². The number of carbonyl (C=O) groups excluding carboxylic acids is 1. The van der Waals surface area contributed by atoms with E-state index in [0.29, 0.717) is 38.0 Å². The summed E-state index contributed by atoms with van der Waals surface area (Å²) in [5.41, 5.74) is 2.36. The van der Waals surface area contributed by atoms with Gasteiger partial charge in [0.05, 0.1) is 27.6 Å². The molecule has 0 spiro atoms. The largest absolute Gasteiger partial charge is 0.356 e. The second kappa shape index (κ2) is 9.51. The summed E-state index contributed by atoms with van der Waals surface area (Å²) >= 11 is 0. The monoisotopic (exact) mass is 451 g/mol. The summed E-state index contributed by atoms with van der Waals surface area (Å²) in [6.45, 7) is 1.17. The van der Waals surface area contributed by atoms with Crippen LogP contribution in [0.4, 0.5) is 0 Å². The van der Waals surface area contributed by atoms with E-state index in [2.05, 4.69) is 15.3 Å². The number of aryl methyl sites for hydroxylation is 1. The highest BCUT2D eigenvalue weighted by Crippen LogP contribution is 2.24. The van der Waals surface area contributed by atoms with Crippen molar-refractivity contribution in [2.75, 3.05) is 19.6 Å². The number of rotatable bonds is 7. The number of nitrogens with zero attached hydrogens (tertiary/aromatic N) is 3. The molecule has 1 saturated heterocycles. The summed E-state index contributed by atoms with van der Waals surface area (Å²) in [5, 5.41) is 11.8. The first-order valence-corrected chi connectivity index (χ1v) is 12.1. The lowest BCUT2D eigenvalue weighted by Crippen LogP contribution is -2.43. The van der Waals surface area contributed by atoms with Crippen LogP contribution < -0.4 is 5.32 Å². The Kier molecular flexibility index (Phi) is 6.53. The molecule has 1 aliphatic rings. The average Bonchev–Trinajstić information content (AvgIpc) is 3.25. The molecule has 1 aliphatic heterocycles. The van der Waals surface area contributed by atoms with Gasteiger partial charge in [0.15, 0.2) is 0 Å². The van der Waals surface area contributed by atoms with Crippen LogP contribution >= 0.6 is 0 Å². The lowest BCUT2D eigenvalue weighted by molar-refractivity contribution is -0.126. The number of hydrogen-bond donors (Lipinski definition) is 2. The fourth-order valence-electron chi connectivity index (χ4n) is 3.94. The van der Waals surface area contributed by atoms with Crippen LogP contribution in [0, 0.1) is 17.2 Å². The van der Waals surface area contributed by atoms with Crippen LogP contribution in [-0.2, 0) is 21.2 Å². The Balaban J connectivity index is 1.23. The minimum atomic E-state index is -3.62. The fourth-order valence-corrected chi connectivity index (χ4v) is 5.41. The minimum absolute atomic E-state index is 0.0231. The molecular weight excluding hydrogens is 426 g/mol. The summed E-state index contributed by atoms with van der Waals surface area (Å²) in [7, 11) is -3.62. The van der Waals surface area contributed by atoms with Gasteiger partial charge < -0.3 is 10.3 Å². The number of aromatic amines is 1. The van der Waals surface area contributed by atoms with Crippen molar-refractivity contribution in [2.24, 2.45) is 5.92 Å². The Morgan fingerprint density at radius 3 is 2.56 bits per heavy atom. The second-order valence-corrected chi connectivity index (χ2v) is 9.85. The molecule has 9 heteroatoms. The Morgan fingerprint density at radius 1 is 1.16 bits per heavy atom. The number of para-hydroxylation sites is 2. The normalized spacial score (nSPS) is 15.5. The zero-order valence-corrected chi connectivity index (χ0v) is 18.4. The van der Waals surface area contributed by atoms with Crippen molar-refractivity contribution in [1.82, 2.24) is 19.6 Å². The van der Waals surface area contributed by atoms with Gasteiger partial charge >= 0.3 is 0 Å². The highest BCUT2D eigenvalue weighted by Gasteiger charge is 2.31. The SMILES string of the molecule is N#Cc1ccc(S(=O)(=O)N2CCC(C(=O)NCCCc3nc4ccccc4[nH]3)CC2)cc1. The molecule has 1 fully saturated rings. The van der Waals surface area contributed by atoms with Gasteiger partial charge in [0.2, 0.25) is 15.9 Å². The predicted molar refractivity (Wildman–Crippen MR) is 120 cm³/mol. The number of benzene rings is 2. The number of hydrogen-bond acceptors (Lipinski definition) is 5. The van der Waals surface area contributed by atoms with Gasteiger partial charge in [0, 0.05) is 32.0 Å². The van der Waals surface area contributed by atoms with Crippen molar-refractivity contribution in [3.63, 3.8) is 0 Å². The number of carbonyl (C=O) groups is 1. The van der Waals surface area contributed by atoms with Gasteiger partial charge in [-0.3, -0.25) is 4.79 Å². The molecule has 2 heterocycles. The Labute approximate surface area is 187 Å². The smallest absolute Gasteiger partial charge is 0.243 e. The van der Waals surface area contributed by atoms with E-state index in [4.69, 9.17) is 5.26 Å². The maximum atomic E-state index is 12.8. The van der Waals surface area contributed by atoms with Crippen LogP contribution in [0.2, 0.25) is 0 Å². The summed E-state index contributed by atoms with van der Waals surface area (Å²) < 4.78 is 27.0. The minimum Gasteiger partial charge on any atom is -0.356 e. The lowest BCUT2D eigenvalue weighted by Gasteiger charge is -2.30. The molecule has 166 valence electrons. The molecular formula is C23H25N5O3S. The van der Waals surface area contributed by atoms with E-state index < -0.39 is 10.0 Å². The number of nitriles is 1. The standard InChI is InChI=1S/C23H25N5O3S/c24-16-17-7-9-19(10-8-17)32(30,31)28-14-11-18(12-15-28)23(29)25-13-3-6-22-26-20-4-1-2-5-21(20)27-22/h1-2,4-5,7-10,18H,3,6,11-15H2,(H,25,29)(H,26,27). The third kappa shape index (κ3) is 4.82. The molecule has 0 radical (unpaired) electrons. The van der Waals surface area contributed by atoms with Crippen molar-refractivity contribution < 1.29 is 13.2 Å². The lowest BCUT2D eigenvalue weighted by atomic mass is 9.97. The topological polar surface area (TPSA) is 119 Å². The molecule has 1 aromatic heterocycles. The third-order valence-electron chi connectivity index (χ3n) is 5.77. The Bertz CT molecular complexity index is 1200. The van der Waals surface area contributed by atoms with Gasteiger partial charge in [-0.05, 0) is 55.7 Å². The Hall–Kier alpha value is -3.22. The molecule has 1 amide bonds. The Morgan fingerprint density at radius 2 is 1.88 bits per heavy atom. The van der Waals surface area contributed by atoms with Crippen molar-refractivity contribution in [2.45, 2.75) is 30.6 Å². The zero-order chi connectivity index (χ0) is 22.6. The summed E-state index contributed by atoms with van der Waals surface area (Å²) in [5.74, 6) is 0.695. The van der Waals surface area contributed by atoms with Crippen molar-refractivity contribution in [1.29, 1.82) is 5.26 Å². The number of amides is 1. The maximum absolute atomic E-state index is 12.8. The number of imidazole rings is 1. The van der Waals surface area contributed by atoms with Gasteiger partial charge in [-0.15, -0.1) is 0 Å². The summed E-state index contributed by atoms with van der Waals surface area (Å²) in [4.78, 5) is 20.5. The van der Waals surface area contributed by atoms with E-state index in [-0.39, 0.29) is 16.7 Å². The fraction of sp³-hybridized carbons (Fsp3) is 0.348.